The van der Waals surface area contributed by atoms with E-state index in [1.807, 2.05) is 13.8 Å². The van der Waals surface area contributed by atoms with E-state index in [2.05, 4.69) is 123 Å². The lowest BCUT2D eigenvalue weighted by atomic mass is 9.87. The second kappa shape index (κ2) is 29.1. The molecule has 0 bridgehead atoms. The standard InChI is InChI=1S/C41H62N2O3S2/c1-6-7-8-9-10-11-12-13-14-15-16-17-18-19-20-21-22-23-24-26-39(44)42-30-33-47-48-34-31-43-40(45)41(4,5)29-25-32-46-38-35-36(2)27-28-37(38)3/h7-8,10-11,13-14,16-17,19-20,22-23,27-28,35H,6,9,12,15,18,21,24-26,29-34H2,1-5H3,(H,42,44)(H,43,45)/b8-7-,11-10-,14-13-,17-16-,20-19-,23-22-. The maximum atomic E-state index is 12.7. The van der Waals surface area contributed by atoms with E-state index in [9.17, 15) is 9.59 Å². The zero-order valence-electron chi connectivity index (χ0n) is 30.3. The van der Waals surface area contributed by atoms with Gasteiger partial charge in [-0.1, -0.05) is 127 Å². The quantitative estimate of drug-likeness (QED) is 0.0545. The Kier molecular flexibility index (Phi) is 26.1. The number of rotatable bonds is 27. The highest BCUT2D eigenvalue weighted by Crippen LogP contribution is 2.25. The number of ether oxygens (including phenoxy) is 1. The number of aryl methyl sites for hydroxylation is 2. The van der Waals surface area contributed by atoms with Crippen LogP contribution in [0.15, 0.2) is 91.1 Å². The molecule has 0 spiro atoms. The van der Waals surface area contributed by atoms with Crippen molar-refractivity contribution in [3.05, 3.63) is 102 Å². The molecule has 0 aromatic heterocycles. The van der Waals surface area contributed by atoms with Crippen molar-refractivity contribution in [3.8, 4) is 5.75 Å². The molecule has 0 aliphatic rings. The van der Waals surface area contributed by atoms with Gasteiger partial charge in [-0.3, -0.25) is 9.59 Å². The van der Waals surface area contributed by atoms with E-state index in [1.54, 1.807) is 21.6 Å². The number of benzene rings is 1. The Balaban J connectivity index is 1.97. The zero-order valence-corrected chi connectivity index (χ0v) is 31.9. The lowest BCUT2D eigenvalue weighted by molar-refractivity contribution is -0.129. The molecule has 2 N–H and O–H groups in total. The van der Waals surface area contributed by atoms with Gasteiger partial charge >= 0.3 is 0 Å². The summed E-state index contributed by atoms with van der Waals surface area (Å²) in [7, 11) is 3.45. The molecule has 2 amide bonds. The van der Waals surface area contributed by atoms with E-state index in [-0.39, 0.29) is 11.8 Å². The van der Waals surface area contributed by atoms with Crippen molar-refractivity contribution in [2.45, 2.75) is 98.8 Å². The molecule has 0 fully saturated rings. The van der Waals surface area contributed by atoms with Crippen LogP contribution in [-0.2, 0) is 9.59 Å². The fourth-order valence-corrected chi connectivity index (χ4v) is 6.22. The van der Waals surface area contributed by atoms with Crippen molar-refractivity contribution in [3.63, 3.8) is 0 Å². The summed E-state index contributed by atoms with van der Waals surface area (Å²) < 4.78 is 5.95. The Morgan fingerprint density at radius 3 is 1.83 bits per heavy atom. The van der Waals surface area contributed by atoms with E-state index in [0.29, 0.717) is 26.1 Å². The molecule has 0 saturated carbocycles. The largest absolute Gasteiger partial charge is 0.493 e. The molecule has 0 heterocycles. The van der Waals surface area contributed by atoms with E-state index in [1.165, 1.54) is 5.56 Å². The normalized spacial score (nSPS) is 12.5. The average Bonchev–Trinajstić information content (AvgIpc) is 3.06. The predicted molar refractivity (Wildman–Crippen MR) is 213 cm³/mol. The highest BCUT2D eigenvalue weighted by molar-refractivity contribution is 8.76. The molecule has 1 aromatic carbocycles. The van der Waals surface area contributed by atoms with Crippen molar-refractivity contribution in [2.24, 2.45) is 5.41 Å². The number of carbonyl (C=O) groups is 2. The van der Waals surface area contributed by atoms with Gasteiger partial charge in [-0.05, 0) is 88.8 Å². The summed E-state index contributed by atoms with van der Waals surface area (Å²) in [4.78, 5) is 24.8. The Labute approximate surface area is 300 Å². The summed E-state index contributed by atoms with van der Waals surface area (Å²) in [6, 6.07) is 6.22. The Morgan fingerprint density at radius 2 is 1.27 bits per heavy atom. The highest BCUT2D eigenvalue weighted by atomic mass is 33.1. The first-order valence-electron chi connectivity index (χ1n) is 17.7. The lowest BCUT2D eigenvalue weighted by Crippen LogP contribution is -2.38. The van der Waals surface area contributed by atoms with Gasteiger partial charge in [0.1, 0.15) is 5.75 Å². The van der Waals surface area contributed by atoms with Gasteiger partial charge < -0.3 is 15.4 Å². The van der Waals surface area contributed by atoms with Gasteiger partial charge in [0.15, 0.2) is 0 Å². The minimum absolute atomic E-state index is 0.0824. The molecule has 0 radical (unpaired) electrons. The van der Waals surface area contributed by atoms with Gasteiger partial charge in [-0.15, -0.1) is 0 Å². The number of hydrogen-bond acceptors (Lipinski definition) is 5. The molecule has 0 atom stereocenters. The number of hydrogen-bond donors (Lipinski definition) is 2. The summed E-state index contributed by atoms with van der Waals surface area (Å²) in [5, 5.41) is 6.06. The van der Waals surface area contributed by atoms with Crippen LogP contribution in [0, 0.1) is 19.3 Å². The van der Waals surface area contributed by atoms with E-state index >= 15 is 0 Å². The number of allylic oxidation sites excluding steroid dienone is 12. The van der Waals surface area contributed by atoms with Crippen LogP contribution in [0.1, 0.15) is 96.1 Å². The van der Waals surface area contributed by atoms with Gasteiger partial charge in [-0.2, -0.15) is 0 Å². The Hall–Kier alpha value is -2.90. The van der Waals surface area contributed by atoms with Gasteiger partial charge in [-0.25, -0.2) is 0 Å². The number of nitrogens with one attached hydrogen (secondary N) is 2. The molecule has 5 nitrogen and oxygen atoms in total. The molecule has 0 unspecified atom stereocenters. The Morgan fingerprint density at radius 1 is 0.750 bits per heavy atom. The van der Waals surface area contributed by atoms with E-state index < -0.39 is 5.41 Å². The summed E-state index contributed by atoms with van der Waals surface area (Å²) >= 11 is 0. The zero-order chi connectivity index (χ0) is 35.1. The van der Waals surface area contributed by atoms with Gasteiger partial charge in [0.25, 0.3) is 0 Å². The van der Waals surface area contributed by atoms with E-state index in [4.69, 9.17) is 4.74 Å². The highest BCUT2D eigenvalue weighted by Gasteiger charge is 2.26. The van der Waals surface area contributed by atoms with Gasteiger partial charge in [0, 0.05) is 36.4 Å². The summed E-state index contributed by atoms with van der Waals surface area (Å²) in [5.41, 5.74) is 1.88. The molecule has 266 valence electrons. The number of carbonyl (C=O) groups excluding carboxylic acids is 2. The van der Waals surface area contributed by atoms with Crippen molar-refractivity contribution in [1.29, 1.82) is 0 Å². The molecule has 0 saturated heterocycles. The second-order valence-corrected chi connectivity index (χ2v) is 15.0. The third-order valence-electron chi connectivity index (χ3n) is 7.36. The number of amides is 2. The SMILES string of the molecule is CC/C=C\C/C=C\C/C=C\C/C=C\C/C=C\C/C=C\CCC(=O)NCCSSCCNC(=O)C(C)(C)CCCOc1cc(C)ccc1C. The molecule has 7 heteroatoms. The average molecular weight is 695 g/mol. The van der Waals surface area contributed by atoms with Crippen LogP contribution >= 0.6 is 21.6 Å². The van der Waals surface area contributed by atoms with E-state index in [0.717, 1.165) is 80.6 Å². The van der Waals surface area contributed by atoms with Gasteiger partial charge in [0.05, 0.1) is 6.61 Å². The third kappa shape index (κ3) is 24.3. The maximum Gasteiger partial charge on any atom is 0.225 e. The van der Waals surface area contributed by atoms with Crippen molar-refractivity contribution in [2.75, 3.05) is 31.2 Å². The maximum absolute atomic E-state index is 12.7. The lowest BCUT2D eigenvalue weighted by Gasteiger charge is -2.23. The Bertz CT molecular complexity index is 1200. The molecule has 0 aliphatic carbocycles. The minimum Gasteiger partial charge on any atom is -0.493 e. The van der Waals surface area contributed by atoms with Crippen molar-refractivity contribution >= 4 is 33.4 Å². The molecule has 48 heavy (non-hydrogen) atoms. The van der Waals surface area contributed by atoms with Crippen LogP contribution in [0.4, 0.5) is 0 Å². The van der Waals surface area contributed by atoms with Crippen molar-refractivity contribution in [1.82, 2.24) is 10.6 Å². The topological polar surface area (TPSA) is 67.4 Å². The summed E-state index contributed by atoms with van der Waals surface area (Å²) in [6.45, 7) is 12.1. The monoisotopic (exact) mass is 694 g/mol. The summed E-state index contributed by atoms with van der Waals surface area (Å²) in [6.07, 6.45) is 35.0. The fourth-order valence-electron chi connectivity index (χ4n) is 4.41. The van der Waals surface area contributed by atoms with Crippen LogP contribution in [-0.4, -0.2) is 43.0 Å². The van der Waals surface area contributed by atoms with Crippen LogP contribution in [0.3, 0.4) is 0 Å². The fraction of sp³-hybridized carbons (Fsp3) is 0.512. The van der Waals surface area contributed by atoms with Crippen LogP contribution < -0.4 is 15.4 Å². The van der Waals surface area contributed by atoms with Gasteiger partial charge in [0.2, 0.25) is 11.8 Å². The van der Waals surface area contributed by atoms with Crippen LogP contribution in [0.5, 0.6) is 5.75 Å². The first-order chi connectivity index (χ1) is 23.3. The van der Waals surface area contributed by atoms with Crippen LogP contribution in [0.2, 0.25) is 0 Å². The smallest absolute Gasteiger partial charge is 0.225 e. The molecule has 0 aliphatic heterocycles. The molecular weight excluding hydrogens is 633 g/mol. The minimum atomic E-state index is -0.433. The predicted octanol–water partition coefficient (Wildman–Crippen LogP) is 10.6. The first-order valence-corrected chi connectivity index (χ1v) is 20.1. The van der Waals surface area contributed by atoms with Crippen molar-refractivity contribution < 1.29 is 14.3 Å². The molecule has 1 rings (SSSR count). The van der Waals surface area contributed by atoms with Crippen LogP contribution in [0.25, 0.3) is 0 Å². The molecule has 1 aromatic rings. The second-order valence-electron chi connectivity index (χ2n) is 12.3. The third-order valence-corrected chi connectivity index (χ3v) is 9.77. The first kappa shape index (κ1) is 43.1. The molecular formula is C41H62N2O3S2. The summed E-state index contributed by atoms with van der Waals surface area (Å²) in [5.74, 6) is 2.77.